The molecular weight excluding hydrogens is 635 g/mol. The van der Waals surface area contributed by atoms with Gasteiger partial charge in [-0.2, -0.15) is 13.2 Å². The molecule has 4 heterocycles. The molecule has 47 heavy (non-hydrogen) atoms. The number of aliphatic hydroxyl groups excluding tert-OH is 2. The topological polar surface area (TPSA) is 134 Å². The number of rotatable bonds is 10. The van der Waals surface area contributed by atoms with Gasteiger partial charge in [0.05, 0.1) is 29.5 Å². The highest BCUT2D eigenvalue weighted by Crippen LogP contribution is 2.36. The molecule has 1 spiro atoms. The van der Waals surface area contributed by atoms with Crippen LogP contribution in [-0.4, -0.2) is 86.6 Å². The molecule has 2 aliphatic rings. The summed E-state index contributed by atoms with van der Waals surface area (Å²) in [6.45, 7) is 4.57. The van der Waals surface area contributed by atoms with Crippen molar-refractivity contribution in [2.45, 2.75) is 49.9 Å². The zero-order valence-corrected chi connectivity index (χ0v) is 26.5. The van der Waals surface area contributed by atoms with Crippen LogP contribution in [0.25, 0.3) is 10.9 Å². The van der Waals surface area contributed by atoms with Crippen molar-refractivity contribution in [1.29, 1.82) is 0 Å². The second-order valence-electron chi connectivity index (χ2n) is 12.3. The summed E-state index contributed by atoms with van der Waals surface area (Å²) in [4.78, 5) is 22.1. The summed E-state index contributed by atoms with van der Waals surface area (Å²) in [6.07, 6.45) is -4.29. The zero-order chi connectivity index (χ0) is 33.2. The van der Waals surface area contributed by atoms with Crippen molar-refractivity contribution >= 4 is 22.2 Å². The highest BCUT2D eigenvalue weighted by atomic mass is 32.1. The molecule has 2 aliphatic heterocycles. The third kappa shape index (κ3) is 7.86. The van der Waals surface area contributed by atoms with E-state index in [9.17, 15) is 33.3 Å². The molecule has 2 atom stereocenters. The molecule has 0 amide bonds. The van der Waals surface area contributed by atoms with Crippen LogP contribution in [0.1, 0.15) is 52.6 Å². The predicted molar refractivity (Wildman–Crippen MR) is 171 cm³/mol. The number of ether oxygens (including phenoxy) is 1. The van der Waals surface area contributed by atoms with Gasteiger partial charge in [0.15, 0.2) is 11.2 Å². The first kappa shape index (κ1) is 33.5. The summed E-state index contributed by atoms with van der Waals surface area (Å²) in [5.41, 5.74) is 2.52. The molecule has 2 fully saturated rings. The number of nitrogens with zero attached hydrogens (tertiary/aromatic N) is 3. The number of phenolic OH excluding ortho intramolecular Hbond substituents is 1. The van der Waals surface area contributed by atoms with Crippen molar-refractivity contribution in [3.05, 3.63) is 91.7 Å². The number of likely N-dealkylation sites (tertiary alicyclic amines) is 1. The maximum absolute atomic E-state index is 13.0. The third-order valence-corrected chi connectivity index (χ3v) is 9.92. The summed E-state index contributed by atoms with van der Waals surface area (Å²) >= 11 is 0.494. The van der Waals surface area contributed by atoms with Crippen molar-refractivity contribution in [3.63, 3.8) is 0 Å². The SMILES string of the molecule is O=c1ccc2c([C@@H](O)CNCCc3cccc(CN4CCC5(CC4)CN(C(O)c4csc(C(F)(F)F)n4)CCO5)c3)ccc(O)c2[nH]1. The maximum atomic E-state index is 13.0. The Labute approximate surface area is 273 Å². The number of fused-ring (bicyclic) bond motifs is 1. The number of H-pyrrole nitrogens is 1. The van der Waals surface area contributed by atoms with Crippen LogP contribution in [-0.2, 0) is 23.9 Å². The van der Waals surface area contributed by atoms with E-state index in [-0.39, 0.29) is 17.0 Å². The van der Waals surface area contributed by atoms with Crippen molar-refractivity contribution in [3.8, 4) is 5.75 Å². The van der Waals surface area contributed by atoms with Crippen LogP contribution in [0.5, 0.6) is 5.75 Å². The second-order valence-corrected chi connectivity index (χ2v) is 13.2. The molecule has 0 radical (unpaired) electrons. The number of phenols is 1. The number of benzene rings is 2. The molecule has 1 unspecified atom stereocenters. The van der Waals surface area contributed by atoms with E-state index in [1.165, 1.54) is 28.6 Å². The van der Waals surface area contributed by atoms with Gasteiger partial charge >= 0.3 is 6.18 Å². The standard InChI is InChI=1S/C33H38F3N5O5S/c34-33(35,36)31-38-25(19-47-31)30(45)41-14-15-46-32(20-41)9-12-40(13-10-32)18-22-3-1-2-21(16-22)8-11-37-17-27(43)23-4-6-26(42)29-24(23)5-7-28(44)39-29/h1-7,16,19,27,30,37,42-43,45H,8-15,17-18,20H2,(H,39,44)/t27-,30?/m0/s1. The van der Waals surface area contributed by atoms with Gasteiger partial charge in [0, 0.05) is 56.1 Å². The van der Waals surface area contributed by atoms with Gasteiger partial charge in [0.1, 0.15) is 5.75 Å². The van der Waals surface area contributed by atoms with Crippen molar-refractivity contribution in [2.24, 2.45) is 0 Å². The van der Waals surface area contributed by atoms with E-state index in [1.807, 2.05) is 6.07 Å². The Morgan fingerprint density at radius 3 is 2.64 bits per heavy atom. The van der Waals surface area contributed by atoms with E-state index in [2.05, 4.69) is 38.4 Å². The molecule has 0 bridgehead atoms. The van der Waals surface area contributed by atoms with E-state index in [0.717, 1.165) is 38.9 Å². The number of hydrogen-bond acceptors (Lipinski definition) is 10. The number of thiazole rings is 1. The molecular formula is C33H38F3N5O5S. The highest BCUT2D eigenvalue weighted by Gasteiger charge is 2.42. The van der Waals surface area contributed by atoms with Crippen LogP contribution < -0.4 is 10.9 Å². The molecule has 4 aromatic rings. The summed E-state index contributed by atoms with van der Waals surface area (Å²) < 4.78 is 45.3. The van der Waals surface area contributed by atoms with E-state index in [0.29, 0.717) is 60.6 Å². The number of piperidine rings is 1. The molecule has 6 rings (SSSR count). The fraction of sp³-hybridized carbons (Fsp3) is 0.455. The molecule has 0 aliphatic carbocycles. The Morgan fingerprint density at radius 1 is 1.09 bits per heavy atom. The van der Waals surface area contributed by atoms with E-state index < -0.39 is 29.1 Å². The molecule has 2 aromatic heterocycles. The maximum Gasteiger partial charge on any atom is 0.443 e. The Hall–Kier alpha value is -3.37. The molecule has 5 N–H and O–H groups in total. The Kier molecular flexibility index (Phi) is 9.99. The van der Waals surface area contributed by atoms with Crippen LogP contribution in [0, 0.1) is 0 Å². The summed E-state index contributed by atoms with van der Waals surface area (Å²) in [7, 11) is 0. The van der Waals surface area contributed by atoms with Crippen LogP contribution in [0.2, 0.25) is 0 Å². The molecule has 2 saturated heterocycles. The number of morpholine rings is 1. The molecule has 2 aromatic carbocycles. The van der Waals surface area contributed by atoms with Gasteiger partial charge in [-0.25, -0.2) is 4.98 Å². The van der Waals surface area contributed by atoms with Crippen LogP contribution in [0.4, 0.5) is 13.2 Å². The van der Waals surface area contributed by atoms with Crippen LogP contribution in [0.3, 0.4) is 0 Å². The smallest absolute Gasteiger partial charge is 0.443 e. The lowest BCUT2D eigenvalue weighted by molar-refractivity contribution is -0.169. The van der Waals surface area contributed by atoms with Gasteiger partial charge in [-0.1, -0.05) is 30.3 Å². The van der Waals surface area contributed by atoms with Gasteiger partial charge in [-0.05, 0) is 54.6 Å². The number of aliphatic hydroxyl groups is 2. The average Bonchev–Trinajstić information content (AvgIpc) is 3.56. The zero-order valence-electron chi connectivity index (χ0n) is 25.7. The van der Waals surface area contributed by atoms with Gasteiger partial charge < -0.3 is 30.4 Å². The first-order chi connectivity index (χ1) is 22.5. The fourth-order valence-electron chi connectivity index (χ4n) is 6.50. The Bertz CT molecular complexity index is 1740. The van der Waals surface area contributed by atoms with Gasteiger partial charge in [0.2, 0.25) is 5.56 Å². The first-order valence-corrected chi connectivity index (χ1v) is 16.5. The number of hydrogen-bond donors (Lipinski definition) is 5. The lowest BCUT2D eigenvalue weighted by Gasteiger charge is -2.48. The first-order valence-electron chi connectivity index (χ1n) is 15.6. The molecule has 252 valence electrons. The minimum absolute atomic E-state index is 0.0210. The van der Waals surface area contributed by atoms with Crippen molar-refractivity contribution < 1.29 is 33.2 Å². The van der Waals surface area contributed by atoms with E-state index in [4.69, 9.17) is 4.74 Å². The highest BCUT2D eigenvalue weighted by molar-refractivity contribution is 7.09. The monoisotopic (exact) mass is 673 g/mol. The molecule has 10 nitrogen and oxygen atoms in total. The van der Waals surface area contributed by atoms with Gasteiger partial charge in [-0.3, -0.25) is 14.6 Å². The van der Waals surface area contributed by atoms with Gasteiger partial charge in [-0.15, -0.1) is 11.3 Å². The second kappa shape index (κ2) is 14.0. The third-order valence-electron chi connectivity index (χ3n) is 9.01. The van der Waals surface area contributed by atoms with E-state index >= 15 is 0 Å². The molecule has 14 heteroatoms. The number of alkyl halides is 3. The lowest BCUT2D eigenvalue weighted by atomic mass is 9.89. The summed E-state index contributed by atoms with van der Waals surface area (Å²) in [5.74, 6) is -0.0458. The summed E-state index contributed by atoms with van der Waals surface area (Å²) in [5, 5.41) is 35.9. The average molecular weight is 674 g/mol. The van der Waals surface area contributed by atoms with Gasteiger partial charge in [0.25, 0.3) is 0 Å². The predicted octanol–water partition coefficient (Wildman–Crippen LogP) is 3.93. The van der Waals surface area contributed by atoms with Crippen molar-refractivity contribution in [1.82, 2.24) is 25.1 Å². The minimum Gasteiger partial charge on any atom is -0.506 e. The van der Waals surface area contributed by atoms with Crippen LogP contribution in [0.15, 0.2) is 58.7 Å². The lowest BCUT2D eigenvalue weighted by Crippen LogP contribution is -2.57. The number of pyridine rings is 1. The van der Waals surface area contributed by atoms with Crippen LogP contribution >= 0.6 is 11.3 Å². The normalized spacial score (nSPS) is 18.9. The number of aromatic hydroxyl groups is 1. The fourth-order valence-corrected chi connectivity index (χ4v) is 7.20. The number of aromatic nitrogens is 2. The largest absolute Gasteiger partial charge is 0.506 e. The molecule has 0 saturated carbocycles. The van der Waals surface area contributed by atoms with Crippen molar-refractivity contribution in [2.75, 3.05) is 45.9 Å². The quantitative estimate of drug-likeness (QED) is 0.159. The number of nitrogens with one attached hydrogen (secondary N) is 2. The number of aromatic amines is 1. The Morgan fingerprint density at radius 2 is 1.87 bits per heavy atom. The number of halogens is 3. The summed E-state index contributed by atoms with van der Waals surface area (Å²) in [6, 6.07) is 14.5. The Balaban J connectivity index is 0.970. The minimum atomic E-state index is -4.53. The van der Waals surface area contributed by atoms with E-state index in [1.54, 1.807) is 17.0 Å².